The van der Waals surface area contributed by atoms with Gasteiger partial charge in [-0.1, -0.05) is 20.3 Å². The second-order valence-electron chi connectivity index (χ2n) is 5.49. The highest BCUT2D eigenvalue weighted by atomic mass is 16.2. The van der Waals surface area contributed by atoms with Gasteiger partial charge in [0.25, 0.3) is 11.8 Å². The third-order valence-electron chi connectivity index (χ3n) is 3.52. The molecule has 0 aliphatic heterocycles. The van der Waals surface area contributed by atoms with Crippen LogP contribution in [0.2, 0.25) is 0 Å². The number of carbonyl (C=O) groups excluding carboxylic acids is 3. The van der Waals surface area contributed by atoms with Crippen molar-refractivity contribution in [3.05, 3.63) is 17.5 Å². The van der Waals surface area contributed by atoms with Gasteiger partial charge in [-0.2, -0.15) is 5.10 Å². The number of carbonyl (C=O) groups is 3. The fourth-order valence-corrected chi connectivity index (χ4v) is 2.07. The molecule has 0 unspecified atom stereocenters. The lowest BCUT2D eigenvalue weighted by atomic mass is 9.99. The van der Waals surface area contributed by atoms with Gasteiger partial charge in [-0.05, 0) is 25.8 Å². The van der Waals surface area contributed by atoms with Crippen LogP contribution in [0, 0.1) is 19.8 Å². The van der Waals surface area contributed by atoms with Crippen LogP contribution >= 0.6 is 0 Å². The van der Waals surface area contributed by atoms with E-state index >= 15 is 0 Å². The molecule has 0 saturated heterocycles. The molecule has 23 heavy (non-hydrogen) atoms. The Kier molecular flexibility index (Phi) is 6.55. The summed E-state index contributed by atoms with van der Waals surface area (Å²) in [5, 5.41) is 6.54. The lowest BCUT2D eigenvalue weighted by molar-refractivity contribution is -0.131. The maximum Gasteiger partial charge on any atom is 0.312 e. The Balaban J connectivity index is 2.57. The first kappa shape index (κ1) is 18.5. The predicted molar refractivity (Wildman–Crippen MR) is 83.9 cm³/mol. The average molecular weight is 324 g/mol. The minimum absolute atomic E-state index is 0.0167. The molecular formula is C14H24N6O3. The molecule has 1 aromatic rings. The smallest absolute Gasteiger partial charge is 0.312 e. The van der Waals surface area contributed by atoms with Crippen molar-refractivity contribution in [2.45, 2.75) is 46.7 Å². The first-order chi connectivity index (χ1) is 10.7. The van der Waals surface area contributed by atoms with Gasteiger partial charge in [0, 0.05) is 5.69 Å². The second kappa shape index (κ2) is 8.16. The highest BCUT2D eigenvalue weighted by molar-refractivity contribution is 5.88. The Morgan fingerprint density at radius 2 is 1.96 bits per heavy atom. The van der Waals surface area contributed by atoms with Crippen LogP contribution in [0.3, 0.4) is 0 Å². The highest BCUT2D eigenvalue weighted by Crippen LogP contribution is 2.07. The summed E-state index contributed by atoms with van der Waals surface area (Å²) in [4.78, 5) is 34.9. The molecule has 0 spiro atoms. The van der Waals surface area contributed by atoms with E-state index in [2.05, 4.69) is 21.3 Å². The van der Waals surface area contributed by atoms with Crippen LogP contribution in [0.15, 0.2) is 6.07 Å². The highest BCUT2D eigenvalue weighted by Gasteiger charge is 2.25. The summed E-state index contributed by atoms with van der Waals surface area (Å²) in [6.07, 6.45) is 0.665. The number of nitrogens with one attached hydrogen (secondary N) is 3. The molecule has 0 fully saturated rings. The van der Waals surface area contributed by atoms with Gasteiger partial charge in [0.05, 0.1) is 5.69 Å². The molecule has 0 bridgehead atoms. The molecule has 1 rings (SSSR count). The summed E-state index contributed by atoms with van der Waals surface area (Å²) in [5.74, 6) is -1.08. The molecule has 9 heteroatoms. The number of hydrazine groups is 1. The van der Waals surface area contributed by atoms with Gasteiger partial charge in [-0.25, -0.2) is 4.79 Å². The molecule has 9 nitrogen and oxygen atoms in total. The molecule has 5 N–H and O–H groups in total. The largest absolute Gasteiger partial charge is 0.352 e. The van der Waals surface area contributed by atoms with E-state index < -0.39 is 23.9 Å². The molecule has 128 valence electrons. The molecule has 0 aromatic carbocycles. The van der Waals surface area contributed by atoms with Crippen molar-refractivity contribution >= 4 is 17.8 Å². The van der Waals surface area contributed by atoms with Crippen LogP contribution in [-0.2, 0) is 16.1 Å². The van der Waals surface area contributed by atoms with Gasteiger partial charge in [0.15, 0.2) is 0 Å². The monoisotopic (exact) mass is 324 g/mol. The summed E-state index contributed by atoms with van der Waals surface area (Å²) >= 11 is 0. The van der Waals surface area contributed by atoms with Crippen molar-refractivity contribution in [2.24, 2.45) is 11.7 Å². The van der Waals surface area contributed by atoms with Crippen molar-refractivity contribution in [3.8, 4) is 0 Å². The SMILES string of the molecule is CC[C@H](C)[C@H](NC(N)=O)C(=O)NNC(=O)Cn1nc(C)cc1C. The minimum atomic E-state index is -0.813. The van der Waals surface area contributed by atoms with Crippen LogP contribution in [0.25, 0.3) is 0 Å². The Morgan fingerprint density at radius 1 is 1.30 bits per heavy atom. The average Bonchev–Trinajstić information content (AvgIpc) is 2.79. The number of nitrogens with two attached hydrogens (primary N) is 1. The zero-order chi connectivity index (χ0) is 17.6. The number of aromatic nitrogens is 2. The zero-order valence-corrected chi connectivity index (χ0v) is 13.8. The second-order valence-corrected chi connectivity index (χ2v) is 5.49. The van der Waals surface area contributed by atoms with Crippen LogP contribution in [-0.4, -0.2) is 33.7 Å². The van der Waals surface area contributed by atoms with Gasteiger partial charge < -0.3 is 11.1 Å². The van der Waals surface area contributed by atoms with Crippen molar-refractivity contribution in [1.82, 2.24) is 25.9 Å². The van der Waals surface area contributed by atoms with E-state index in [0.29, 0.717) is 6.42 Å². The van der Waals surface area contributed by atoms with E-state index in [0.717, 1.165) is 11.4 Å². The molecule has 1 heterocycles. The molecule has 0 radical (unpaired) electrons. The number of hydrogen-bond donors (Lipinski definition) is 4. The van der Waals surface area contributed by atoms with E-state index in [1.807, 2.05) is 26.8 Å². The first-order valence-corrected chi connectivity index (χ1v) is 7.40. The van der Waals surface area contributed by atoms with E-state index in [-0.39, 0.29) is 12.5 Å². The predicted octanol–water partition coefficient (Wildman–Crippen LogP) is -0.270. The molecule has 2 atom stereocenters. The van der Waals surface area contributed by atoms with Gasteiger partial charge >= 0.3 is 6.03 Å². The van der Waals surface area contributed by atoms with Gasteiger partial charge in [0.2, 0.25) is 0 Å². The number of hydrogen-bond acceptors (Lipinski definition) is 4. The van der Waals surface area contributed by atoms with Gasteiger partial charge in [-0.3, -0.25) is 25.1 Å². The van der Waals surface area contributed by atoms with Crippen LogP contribution in [0.5, 0.6) is 0 Å². The van der Waals surface area contributed by atoms with Crippen LogP contribution < -0.4 is 21.9 Å². The normalized spacial score (nSPS) is 13.0. The summed E-state index contributed by atoms with van der Waals surface area (Å²) < 4.78 is 1.53. The third-order valence-corrected chi connectivity index (χ3v) is 3.52. The summed E-state index contributed by atoms with van der Waals surface area (Å²) in [7, 11) is 0. The lowest BCUT2D eigenvalue weighted by Crippen LogP contribution is -2.56. The summed E-state index contributed by atoms with van der Waals surface area (Å²) in [6, 6.07) is 0.243. The molecule has 1 aromatic heterocycles. The summed E-state index contributed by atoms with van der Waals surface area (Å²) in [6.45, 7) is 7.33. The topological polar surface area (TPSA) is 131 Å². The standard InChI is InChI=1S/C14H24N6O3/c1-5-8(2)12(16-14(15)23)13(22)18-17-11(21)7-20-10(4)6-9(3)19-20/h6,8,12H,5,7H2,1-4H3,(H,17,21)(H,18,22)(H3,15,16,23)/t8-,12-/m0/s1. The Hall–Kier alpha value is -2.58. The number of primary amides is 1. The van der Waals surface area contributed by atoms with Crippen LogP contribution in [0.1, 0.15) is 31.7 Å². The number of aryl methyl sites for hydroxylation is 2. The zero-order valence-electron chi connectivity index (χ0n) is 13.8. The molecule has 4 amide bonds. The molecular weight excluding hydrogens is 300 g/mol. The number of amides is 4. The first-order valence-electron chi connectivity index (χ1n) is 7.40. The van der Waals surface area contributed by atoms with E-state index in [9.17, 15) is 14.4 Å². The van der Waals surface area contributed by atoms with Crippen molar-refractivity contribution in [2.75, 3.05) is 0 Å². The third kappa shape index (κ3) is 5.61. The van der Waals surface area contributed by atoms with Crippen molar-refractivity contribution in [3.63, 3.8) is 0 Å². The van der Waals surface area contributed by atoms with E-state index in [1.165, 1.54) is 4.68 Å². The maximum atomic E-state index is 12.1. The molecule has 0 saturated carbocycles. The summed E-state index contributed by atoms with van der Waals surface area (Å²) in [5.41, 5.74) is 11.3. The number of rotatable bonds is 6. The van der Waals surface area contributed by atoms with Crippen molar-refractivity contribution < 1.29 is 14.4 Å². The fourth-order valence-electron chi connectivity index (χ4n) is 2.07. The van der Waals surface area contributed by atoms with E-state index in [1.54, 1.807) is 6.92 Å². The Bertz CT molecular complexity index is 583. The maximum absolute atomic E-state index is 12.1. The fraction of sp³-hybridized carbons (Fsp3) is 0.571. The van der Waals surface area contributed by atoms with Crippen molar-refractivity contribution in [1.29, 1.82) is 0 Å². The van der Waals surface area contributed by atoms with E-state index in [4.69, 9.17) is 5.73 Å². The molecule has 0 aliphatic carbocycles. The number of urea groups is 1. The van der Waals surface area contributed by atoms with Gasteiger partial charge in [-0.15, -0.1) is 0 Å². The van der Waals surface area contributed by atoms with Crippen LogP contribution in [0.4, 0.5) is 4.79 Å². The minimum Gasteiger partial charge on any atom is -0.352 e. The quantitative estimate of drug-likeness (QED) is 0.536. The molecule has 0 aliphatic rings. The Labute approximate surface area is 134 Å². The lowest BCUT2D eigenvalue weighted by Gasteiger charge is -2.22. The van der Waals surface area contributed by atoms with Gasteiger partial charge in [0.1, 0.15) is 12.6 Å². The number of nitrogens with zero attached hydrogens (tertiary/aromatic N) is 2. The Morgan fingerprint density at radius 3 is 2.43 bits per heavy atom.